The third-order valence-electron chi connectivity index (χ3n) is 3.36. The normalized spacial score (nSPS) is 12.7. The number of nitrogens with zero attached hydrogens (tertiary/aromatic N) is 3. The molecule has 20 heavy (non-hydrogen) atoms. The van der Waals surface area contributed by atoms with Crippen molar-refractivity contribution in [3.05, 3.63) is 54.0 Å². The molecule has 0 saturated heterocycles. The topological polar surface area (TPSA) is 56.7 Å². The minimum atomic E-state index is -0.226. The van der Waals surface area contributed by atoms with E-state index in [4.69, 9.17) is 5.73 Å². The summed E-state index contributed by atoms with van der Waals surface area (Å²) in [4.78, 5) is 8.65. The first-order valence-electron chi connectivity index (χ1n) is 6.48. The van der Waals surface area contributed by atoms with Crippen molar-refractivity contribution in [3.63, 3.8) is 0 Å². The zero-order valence-electron chi connectivity index (χ0n) is 11.1. The number of aromatic nitrogens is 3. The third kappa shape index (κ3) is 2.22. The molecule has 3 aromatic rings. The van der Waals surface area contributed by atoms with Crippen molar-refractivity contribution in [2.24, 2.45) is 0 Å². The Morgan fingerprint density at radius 2 is 2.00 bits per heavy atom. The molecule has 0 spiro atoms. The van der Waals surface area contributed by atoms with Crippen LogP contribution in [-0.2, 0) is 6.42 Å². The molecule has 2 aromatic heterocycles. The molecule has 0 radical (unpaired) electrons. The maximum Gasteiger partial charge on any atom is 0.202 e. The first-order chi connectivity index (χ1) is 9.65. The molecule has 1 aromatic carbocycles. The summed E-state index contributed by atoms with van der Waals surface area (Å²) >= 11 is 0. The summed E-state index contributed by atoms with van der Waals surface area (Å²) in [6.07, 6.45) is 2.47. The second-order valence-corrected chi connectivity index (χ2v) is 4.87. The van der Waals surface area contributed by atoms with Gasteiger partial charge in [0, 0.05) is 12.2 Å². The van der Waals surface area contributed by atoms with Crippen molar-refractivity contribution in [1.82, 2.24) is 14.5 Å². The van der Waals surface area contributed by atoms with Crippen LogP contribution in [0.15, 0.2) is 42.6 Å². The molecule has 4 nitrogen and oxygen atoms in total. The van der Waals surface area contributed by atoms with Gasteiger partial charge < -0.3 is 5.73 Å². The van der Waals surface area contributed by atoms with E-state index in [1.165, 1.54) is 12.1 Å². The van der Waals surface area contributed by atoms with Gasteiger partial charge in [-0.25, -0.2) is 14.4 Å². The lowest BCUT2D eigenvalue weighted by molar-refractivity contribution is 0.561. The molecule has 102 valence electrons. The van der Waals surface area contributed by atoms with Crippen LogP contribution in [0.4, 0.5) is 10.3 Å². The van der Waals surface area contributed by atoms with Crippen molar-refractivity contribution in [3.8, 4) is 0 Å². The summed E-state index contributed by atoms with van der Waals surface area (Å²) in [5.41, 5.74) is 8.60. The summed E-state index contributed by atoms with van der Waals surface area (Å²) in [5, 5.41) is 0. The number of nitrogens with two attached hydrogens (primary N) is 1. The fourth-order valence-electron chi connectivity index (χ4n) is 2.43. The van der Waals surface area contributed by atoms with E-state index in [9.17, 15) is 4.39 Å². The first-order valence-corrected chi connectivity index (χ1v) is 6.48. The summed E-state index contributed by atoms with van der Waals surface area (Å²) in [5.74, 6) is 0.226. The van der Waals surface area contributed by atoms with E-state index in [-0.39, 0.29) is 11.9 Å². The summed E-state index contributed by atoms with van der Waals surface area (Å²) in [6, 6.07) is 10.3. The summed E-state index contributed by atoms with van der Waals surface area (Å²) in [6.45, 7) is 2.05. The van der Waals surface area contributed by atoms with Crippen molar-refractivity contribution >= 4 is 17.1 Å². The van der Waals surface area contributed by atoms with Crippen molar-refractivity contribution in [1.29, 1.82) is 0 Å². The number of hydrogen-bond acceptors (Lipinski definition) is 3. The maximum absolute atomic E-state index is 12.9. The highest BCUT2D eigenvalue weighted by atomic mass is 19.1. The maximum atomic E-state index is 12.9. The Balaban J connectivity index is 1.94. The van der Waals surface area contributed by atoms with Gasteiger partial charge in [-0.3, -0.25) is 4.57 Å². The van der Waals surface area contributed by atoms with Crippen LogP contribution in [0, 0.1) is 5.82 Å². The number of rotatable bonds is 3. The van der Waals surface area contributed by atoms with Gasteiger partial charge in [0.25, 0.3) is 0 Å². The Morgan fingerprint density at radius 1 is 1.25 bits per heavy atom. The number of halogens is 1. The Bertz CT molecular complexity index is 733. The molecular weight excluding hydrogens is 255 g/mol. The first kappa shape index (κ1) is 12.6. The van der Waals surface area contributed by atoms with Crippen LogP contribution < -0.4 is 5.73 Å². The van der Waals surface area contributed by atoms with Crippen LogP contribution in [0.3, 0.4) is 0 Å². The predicted molar refractivity (Wildman–Crippen MR) is 76.8 cm³/mol. The molecule has 1 unspecified atom stereocenters. The van der Waals surface area contributed by atoms with Gasteiger partial charge in [0.05, 0.1) is 0 Å². The third-order valence-corrected chi connectivity index (χ3v) is 3.36. The largest absolute Gasteiger partial charge is 0.369 e. The van der Waals surface area contributed by atoms with Gasteiger partial charge in [-0.2, -0.15) is 0 Å². The highest BCUT2D eigenvalue weighted by molar-refractivity contribution is 5.73. The number of hydrogen-bond donors (Lipinski definition) is 1. The quantitative estimate of drug-likeness (QED) is 0.796. The molecular formula is C15H15FN4. The smallest absolute Gasteiger partial charge is 0.202 e. The molecule has 2 heterocycles. The minimum absolute atomic E-state index is 0.0976. The van der Waals surface area contributed by atoms with Crippen LogP contribution in [0.2, 0.25) is 0 Å². The minimum Gasteiger partial charge on any atom is -0.369 e. The van der Waals surface area contributed by atoms with Crippen molar-refractivity contribution < 1.29 is 4.39 Å². The molecule has 0 amide bonds. The van der Waals surface area contributed by atoms with E-state index in [0.29, 0.717) is 5.95 Å². The Morgan fingerprint density at radius 3 is 2.75 bits per heavy atom. The number of imidazole rings is 1. The highest BCUT2D eigenvalue weighted by Gasteiger charge is 2.15. The molecule has 0 bridgehead atoms. The van der Waals surface area contributed by atoms with Gasteiger partial charge in [-0.05, 0) is 43.2 Å². The summed E-state index contributed by atoms with van der Waals surface area (Å²) < 4.78 is 14.8. The number of anilines is 1. The molecule has 0 aliphatic heterocycles. The van der Waals surface area contributed by atoms with E-state index >= 15 is 0 Å². The highest BCUT2D eigenvalue weighted by Crippen LogP contribution is 2.23. The molecule has 2 N–H and O–H groups in total. The zero-order chi connectivity index (χ0) is 14.1. The second kappa shape index (κ2) is 4.92. The standard InChI is InChI=1S/C15H15FN4/c1-10(9-11-4-6-12(16)7-5-11)20-14-13(19-15(20)17)3-2-8-18-14/h2-8,10H,9H2,1H3,(H2,17,19). The van der Waals surface area contributed by atoms with Crippen molar-refractivity contribution in [2.75, 3.05) is 5.73 Å². The number of pyridine rings is 1. The van der Waals surface area contributed by atoms with Crippen LogP contribution in [-0.4, -0.2) is 14.5 Å². The summed E-state index contributed by atoms with van der Waals surface area (Å²) in [7, 11) is 0. The molecule has 3 rings (SSSR count). The van der Waals surface area contributed by atoms with Gasteiger partial charge in [-0.1, -0.05) is 12.1 Å². The van der Waals surface area contributed by atoms with Crippen LogP contribution in [0.1, 0.15) is 18.5 Å². The van der Waals surface area contributed by atoms with E-state index in [1.54, 1.807) is 18.3 Å². The van der Waals surface area contributed by atoms with E-state index in [2.05, 4.69) is 16.9 Å². The molecule has 0 saturated carbocycles. The lowest BCUT2D eigenvalue weighted by atomic mass is 10.1. The van der Waals surface area contributed by atoms with E-state index in [0.717, 1.165) is 23.1 Å². The molecule has 0 fully saturated rings. The zero-order valence-corrected chi connectivity index (χ0v) is 11.1. The Labute approximate surface area is 116 Å². The molecule has 1 atom stereocenters. The van der Waals surface area contributed by atoms with Crippen LogP contribution >= 0.6 is 0 Å². The van der Waals surface area contributed by atoms with Gasteiger partial charge in [0.15, 0.2) is 5.65 Å². The number of fused-ring (bicyclic) bond motifs is 1. The number of nitrogen functional groups attached to an aromatic ring is 1. The lowest BCUT2D eigenvalue weighted by Gasteiger charge is -2.15. The Hall–Kier alpha value is -2.43. The van der Waals surface area contributed by atoms with Gasteiger partial charge in [-0.15, -0.1) is 0 Å². The van der Waals surface area contributed by atoms with Crippen molar-refractivity contribution in [2.45, 2.75) is 19.4 Å². The fraction of sp³-hybridized carbons (Fsp3) is 0.200. The second-order valence-electron chi connectivity index (χ2n) is 4.87. The monoisotopic (exact) mass is 270 g/mol. The number of benzene rings is 1. The van der Waals surface area contributed by atoms with Crippen LogP contribution in [0.5, 0.6) is 0 Å². The molecule has 0 aliphatic carbocycles. The van der Waals surface area contributed by atoms with Crippen LogP contribution in [0.25, 0.3) is 11.2 Å². The SMILES string of the molecule is CC(Cc1ccc(F)cc1)n1c(N)nc2cccnc21. The van der Waals surface area contributed by atoms with Gasteiger partial charge in [0.1, 0.15) is 11.3 Å². The molecule has 5 heteroatoms. The van der Waals surface area contributed by atoms with E-state index < -0.39 is 0 Å². The van der Waals surface area contributed by atoms with E-state index in [1.807, 2.05) is 16.7 Å². The molecule has 0 aliphatic rings. The lowest BCUT2D eigenvalue weighted by Crippen LogP contribution is -2.12. The average molecular weight is 270 g/mol. The average Bonchev–Trinajstić information content (AvgIpc) is 2.77. The Kier molecular flexibility index (Phi) is 3.10. The fourth-order valence-corrected chi connectivity index (χ4v) is 2.43. The predicted octanol–water partition coefficient (Wildman–Crippen LogP) is 2.96. The van der Waals surface area contributed by atoms with Gasteiger partial charge >= 0.3 is 0 Å². The van der Waals surface area contributed by atoms with Gasteiger partial charge in [0.2, 0.25) is 5.95 Å².